The van der Waals surface area contributed by atoms with Crippen LogP contribution in [-0.2, 0) is 13.0 Å². The molecule has 0 aromatic carbocycles. The zero-order valence-corrected chi connectivity index (χ0v) is 10.7. The zero-order chi connectivity index (χ0) is 12.3. The first-order valence-electron chi connectivity index (χ1n) is 5.40. The van der Waals surface area contributed by atoms with Gasteiger partial charge in [-0.15, -0.1) is 11.3 Å². The number of hydrogen-bond donors (Lipinski definition) is 0. The molecule has 0 saturated carbocycles. The largest absolute Gasteiger partial charge is 0.496 e. The Bertz CT molecular complexity index is 516. The molecule has 2 aromatic heterocycles. The van der Waals surface area contributed by atoms with Crippen molar-refractivity contribution in [2.24, 2.45) is 0 Å². The Hall–Kier alpha value is -1.62. The number of thiophene rings is 1. The highest BCUT2D eigenvalue weighted by Crippen LogP contribution is 2.22. The molecule has 2 rings (SSSR count). The molecule has 0 aliphatic carbocycles. The molecule has 17 heavy (non-hydrogen) atoms. The summed E-state index contributed by atoms with van der Waals surface area (Å²) in [4.78, 5) is 16.9. The van der Waals surface area contributed by atoms with E-state index in [1.54, 1.807) is 19.4 Å². The van der Waals surface area contributed by atoms with Crippen LogP contribution in [-0.4, -0.2) is 22.4 Å². The van der Waals surface area contributed by atoms with Gasteiger partial charge in [0.05, 0.1) is 18.4 Å². The van der Waals surface area contributed by atoms with Crippen molar-refractivity contribution in [1.82, 2.24) is 9.55 Å². The minimum atomic E-state index is 0.0826. The second-order valence-electron chi connectivity index (χ2n) is 3.58. The highest BCUT2D eigenvalue weighted by Gasteiger charge is 2.13. The Morgan fingerprint density at radius 1 is 1.59 bits per heavy atom. The van der Waals surface area contributed by atoms with Crippen molar-refractivity contribution in [3.63, 3.8) is 0 Å². The second-order valence-corrected chi connectivity index (χ2v) is 4.49. The summed E-state index contributed by atoms with van der Waals surface area (Å²) >= 11 is 1.41. The summed E-state index contributed by atoms with van der Waals surface area (Å²) < 4.78 is 7.04. The molecular formula is C12H14N2O2S. The number of aryl methyl sites for hydroxylation is 1. The van der Waals surface area contributed by atoms with Crippen LogP contribution in [0, 0.1) is 0 Å². The molecule has 0 unspecified atom stereocenters. The first-order valence-corrected chi connectivity index (χ1v) is 6.28. The minimum absolute atomic E-state index is 0.0826. The fourth-order valence-corrected chi connectivity index (χ4v) is 2.39. The number of ether oxygens (including phenoxy) is 1. The van der Waals surface area contributed by atoms with Crippen LogP contribution in [0.25, 0.3) is 0 Å². The summed E-state index contributed by atoms with van der Waals surface area (Å²) in [6, 6.07) is 1.77. The van der Waals surface area contributed by atoms with Crippen molar-refractivity contribution < 1.29 is 9.53 Å². The first-order chi connectivity index (χ1) is 8.24. The summed E-state index contributed by atoms with van der Waals surface area (Å²) in [6.45, 7) is 2.86. The van der Waals surface area contributed by atoms with Gasteiger partial charge in [-0.2, -0.15) is 0 Å². The third kappa shape index (κ3) is 2.55. The van der Waals surface area contributed by atoms with Crippen molar-refractivity contribution in [3.8, 4) is 5.75 Å². The molecule has 0 N–H and O–H groups in total. The maximum atomic E-state index is 12.0. The van der Waals surface area contributed by atoms with Crippen molar-refractivity contribution in [3.05, 3.63) is 34.5 Å². The number of carbonyl (C=O) groups is 1. The minimum Gasteiger partial charge on any atom is -0.496 e. The predicted molar refractivity (Wildman–Crippen MR) is 66.8 cm³/mol. The Balaban J connectivity index is 2.11. The lowest BCUT2D eigenvalue weighted by molar-refractivity contribution is 0.0993. The highest BCUT2D eigenvalue weighted by atomic mass is 32.1. The van der Waals surface area contributed by atoms with Gasteiger partial charge in [-0.25, -0.2) is 4.98 Å². The summed E-state index contributed by atoms with van der Waals surface area (Å²) in [5, 5.41) is 1.83. The van der Waals surface area contributed by atoms with Gasteiger partial charge in [0.1, 0.15) is 11.6 Å². The number of aromatic nitrogens is 2. The van der Waals surface area contributed by atoms with E-state index < -0.39 is 0 Å². The van der Waals surface area contributed by atoms with E-state index in [0.717, 1.165) is 18.1 Å². The predicted octanol–water partition coefficient (Wildman–Crippen LogP) is 2.40. The van der Waals surface area contributed by atoms with E-state index in [1.807, 2.05) is 23.1 Å². The average Bonchev–Trinajstić information content (AvgIpc) is 2.96. The molecule has 0 bridgehead atoms. The Labute approximate surface area is 104 Å². The van der Waals surface area contributed by atoms with E-state index in [4.69, 9.17) is 4.74 Å². The van der Waals surface area contributed by atoms with Gasteiger partial charge in [0.15, 0.2) is 5.78 Å². The first kappa shape index (κ1) is 11.9. The van der Waals surface area contributed by atoms with E-state index in [1.165, 1.54) is 11.3 Å². The topological polar surface area (TPSA) is 44.1 Å². The zero-order valence-electron chi connectivity index (χ0n) is 9.84. The van der Waals surface area contributed by atoms with Gasteiger partial charge in [0.2, 0.25) is 0 Å². The van der Waals surface area contributed by atoms with Crippen LogP contribution in [0.2, 0.25) is 0 Å². The van der Waals surface area contributed by atoms with Gasteiger partial charge in [0.25, 0.3) is 0 Å². The molecule has 0 radical (unpaired) electrons. The van der Waals surface area contributed by atoms with E-state index in [9.17, 15) is 4.79 Å². The number of rotatable bonds is 5. The smallest absolute Gasteiger partial charge is 0.180 e. The summed E-state index contributed by atoms with van der Waals surface area (Å²) in [7, 11) is 1.60. The lowest BCUT2D eigenvalue weighted by Crippen LogP contribution is -2.08. The number of ketones is 1. The van der Waals surface area contributed by atoms with Crippen LogP contribution in [0.5, 0.6) is 5.75 Å². The molecule has 4 nitrogen and oxygen atoms in total. The highest BCUT2D eigenvalue weighted by molar-refractivity contribution is 7.12. The van der Waals surface area contributed by atoms with Crippen LogP contribution in [0.3, 0.4) is 0 Å². The molecule has 2 aromatic rings. The van der Waals surface area contributed by atoms with Crippen LogP contribution >= 0.6 is 11.3 Å². The lowest BCUT2D eigenvalue weighted by atomic mass is 10.2. The standard InChI is InChI=1S/C12H14N2O2S/c1-3-14-5-4-13-12(14)7-10(15)11-6-9(16-2)8-17-11/h4-6,8H,3,7H2,1-2H3. The molecule has 0 aliphatic rings. The van der Waals surface area contributed by atoms with Gasteiger partial charge >= 0.3 is 0 Å². The van der Waals surface area contributed by atoms with Crippen molar-refractivity contribution in [2.75, 3.05) is 7.11 Å². The Morgan fingerprint density at radius 2 is 2.41 bits per heavy atom. The second kappa shape index (κ2) is 5.14. The van der Waals surface area contributed by atoms with Crippen LogP contribution in [0.4, 0.5) is 0 Å². The van der Waals surface area contributed by atoms with Crippen LogP contribution in [0.1, 0.15) is 22.4 Å². The van der Waals surface area contributed by atoms with Gasteiger partial charge in [-0.05, 0) is 6.92 Å². The monoisotopic (exact) mass is 250 g/mol. The third-order valence-corrected chi connectivity index (χ3v) is 3.50. The molecule has 5 heteroatoms. The number of Topliss-reactive ketones (excluding diaryl/α,β-unsaturated/α-hetero) is 1. The number of nitrogens with zero attached hydrogens (tertiary/aromatic N) is 2. The van der Waals surface area contributed by atoms with Gasteiger partial charge in [-0.1, -0.05) is 0 Å². The number of hydrogen-bond acceptors (Lipinski definition) is 4. The molecule has 90 valence electrons. The van der Waals surface area contributed by atoms with E-state index >= 15 is 0 Å². The van der Waals surface area contributed by atoms with E-state index in [0.29, 0.717) is 11.3 Å². The molecule has 0 saturated heterocycles. The van der Waals surface area contributed by atoms with E-state index in [-0.39, 0.29) is 5.78 Å². The third-order valence-electron chi connectivity index (χ3n) is 2.55. The Kier molecular flexibility index (Phi) is 3.58. The maximum Gasteiger partial charge on any atom is 0.180 e. The molecule has 0 aliphatic heterocycles. The van der Waals surface area contributed by atoms with Crippen molar-refractivity contribution in [2.45, 2.75) is 19.9 Å². The summed E-state index contributed by atoms with van der Waals surface area (Å²) in [6.07, 6.45) is 3.95. The number of carbonyl (C=O) groups excluding carboxylic acids is 1. The molecule has 0 spiro atoms. The van der Waals surface area contributed by atoms with E-state index in [2.05, 4.69) is 4.98 Å². The maximum absolute atomic E-state index is 12.0. The molecule has 0 fully saturated rings. The average molecular weight is 250 g/mol. The Morgan fingerprint density at radius 3 is 3.06 bits per heavy atom. The van der Waals surface area contributed by atoms with Gasteiger partial charge in [0, 0.05) is 30.4 Å². The fourth-order valence-electron chi connectivity index (χ4n) is 1.60. The van der Waals surface area contributed by atoms with Crippen LogP contribution in [0.15, 0.2) is 23.8 Å². The number of imidazole rings is 1. The summed E-state index contributed by atoms with van der Waals surface area (Å²) in [5.74, 6) is 1.63. The quantitative estimate of drug-likeness (QED) is 0.765. The normalized spacial score (nSPS) is 10.5. The van der Waals surface area contributed by atoms with Crippen molar-refractivity contribution in [1.29, 1.82) is 0 Å². The van der Waals surface area contributed by atoms with Crippen LogP contribution < -0.4 is 4.74 Å². The number of methoxy groups -OCH3 is 1. The van der Waals surface area contributed by atoms with Crippen molar-refractivity contribution >= 4 is 17.1 Å². The van der Waals surface area contributed by atoms with Gasteiger partial charge in [-0.3, -0.25) is 4.79 Å². The fraction of sp³-hybridized carbons (Fsp3) is 0.333. The molecule has 0 atom stereocenters. The SMILES string of the molecule is CCn1ccnc1CC(=O)c1cc(OC)cs1. The molecular weight excluding hydrogens is 236 g/mol. The summed E-state index contributed by atoms with van der Waals surface area (Å²) in [5.41, 5.74) is 0. The lowest BCUT2D eigenvalue weighted by Gasteiger charge is -2.02. The molecule has 0 amide bonds. The molecule has 2 heterocycles. The van der Waals surface area contributed by atoms with Gasteiger partial charge < -0.3 is 9.30 Å².